The highest BCUT2D eigenvalue weighted by molar-refractivity contribution is 7.90. The van der Waals surface area contributed by atoms with E-state index in [-0.39, 0.29) is 26.9 Å². The van der Waals surface area contributed by atoms with Crippen LogP contribution in [0, 0.1) is 19.7 Å². The van der Waals surface area contributed by atoms with Gasteiger partial charge in [0.2, 0.25) is 5.89 Å². The predicted octanol–water partition coefficient (Wildman–Crippen LogP) is 3.46. The molecule has 0 saturated carbocycles. The van der Waals surface area contributed by atoms with Gasteiger partial charge in [0.15, 0.2) is 0 Å². The molecule has 1 amide bonds. The number of nitrogens with one attached hydrogen (secondary N) is 1. The van der Waals surface area contributed by atoms with Gasteiger partial charge in [-0.3, -0.25) is 4.79 Å². The fourth-order valence-electron chi connectivity index (χ4n) is 3.91. The summed E-state index contributed by atoms with van der Waals surface area (Å²) >= 11 is 5.95. The Kier molecular flexibility index (Phi) is 5.01. The number of aromatic amines is 1. The van der Waals surface area contributed by atoms with Crippen LogP contribution in [0.5, 0.6) is 0 Å². The van der Waals surface area contributed by atoms with E-state index in [1.807, 2.05) is 0 Å². The van der Waals surface area contributed by atoms with E-state index in [1.165, 1.54) is 24.3 Å². The third-order valence-electron chi connectivity index (χ3n) is 5.53. The highest BCUT2D eigenvalue weighted by atomic mass is 35.5. The molecule has 1 aliphatic heterocycles. The van der Waals surface area contributed by atoms with Gasteiger partial charge in [-0.15, -0.1) is 5.10 Å². The number of halogens is 2. The minimum absolute atomic E-state index is 0.121. The molecule has 11 heteroatoms. The molecule has 2 heterocycles. The van der Waals surface area contributed by atoms with Crippen molar-refractivity contribution in [3.63, 3.8) is 0 Å². The second kappa shape index (κ2) is 7.31. The summed E-state index contributed by atoms with van der Waals surface area (Å²) in [6.07, 6.45) is 0. The van der Waals surface area contributed by atoms with E-state index in [4.69, 9.17) is 16.0 Å². The van der Waals surface area contributed by atoms with Crippen molar-refractivity contribution in [2.45, 2.75) is 37.6 Å². The van der Waals surface area contributed by atoms with Gasteiger partial charge in [0, 0.05) is 10.9 Å². The lowest BCUT2D eigenvalue weighted by atomic mass is 9.87. The zero-order valence-corrected chi connectivity index (χ0v) is 18.2. The number of aryl methyl sites for hydroxylation is 1. The number of hydrogen-bond acceptors (Lipinski definition) is 6. The molecule has 0 saturated heterocycles. The summed E-state index contributed by atoms with van der Waals surface area (Å²) < 4.78 is 47.1. The molecular weight excluding hydrogens is 449 g/mol. The Hall–Kier alpha value is -2.98. The van der Waals surface area contributed by atoms with Crippen LogP contribution in [0.1, 0.15) is 51.8 Å². The van der Waals surface area contributed by atoms with Gasteiger partial charge in [0.1, 0.15) is 16.8 Å². The molecule has 0 fully saturated rings. The van der Waals surface area contributed by atoms with Gasteiger partial charge >= 0.3 is 5.76 Å². The number of benzene rings is 2. The van der Waals surface area contributed by atoms with Crippen molar-refractivity contribution in [1.82, 2.24) is 14.5 Å². The number of carbonyl (C=O) groups is 1. The standard InChI is InChI=1S/C20H17ClFN3O5S/c1-9-4-6-14(22)16(10(9)2)11(3)17(18-23-24-20(27)30-18)25-19(26)13-8-12(21)5-7-15(13)31(25,28)29/h4-8,11,17H,1-3H3,(H,24,27)/t11-,17-/m0/s1. The SMILES string of the molecule is Cc1ccc(F)c([C@H](C)[C@@H](c2n[nH]c(=O)o2)N2C(=O)c3cc(Cl)ccc3S2(=O)=O)c1C. The summed E-state index contributed by atoms with van der Waals surface area (Å²) in [5.41, 5.74) is 1.42. The minimum Gasteiger partial charge on any atom is -0.390 e. The molecule has 0 radical (unpaired) electrons. The van der Waals surface area contributed by atoms with Gasteiger partial charge in [-0.2, -0.15) is 0 Å². The zero-order chi connectivity index (χ0) is 22.7. The van der Waals surface area contributed by atoms with Crippen LogP contribution in [0.3, 0.4) is 0 Å². The maximum atomic E-state index is 14.9. The second-order valence-corrected chi connectivity index (χ2v) is 9.55. The maximum Gasteiger partial charge on any atom is 0.434 e. The summed E-state index contributed by atoms with van der Waals surface area (Å²) in [7, 11) is -4.35. The number of aromatic nitrogens is 2. The summed E-state index contributed by atoms with van der Waals surface area (Å²) in [5.74, 6) is -3.67. The molecule has 0 spiro atoms. The Balaban J connectivity index is 1.95. The smallest absolute Gasteiger partial charge is 0.390 e. The third-order valence-corrected chi connectivity index (χ3v) is 7.59. The number of hydrogen-bond donors (Lipinski definition) is 1. The van der Waals surface area contributed by atoms with E-state index in [2.05, 4.69) is 10.2 Å². The van der Waals surface area contributed by atoms with Gasteiger partial charge in [-0.25, -0.2) is 27.0 Å². The normalized spacial score (nSPS) is 16.9. The number of amides is 1. The first-order valence-corrected chi connectivity index (χ1v) is 11.0. The molecule has 162 valence electrons. The van der Waals surface area contributed by atoms with Crippen LogP contribution in [0.15, 0.2) is 44.4 Å². The molecule has 1 N–H and O–H groups in total. The first-order chi connectivity index (χ1) is 14.5. The van der Waals surface area contributed by atoms with E-state index in [0.29, 0.717) is 9.87 Å². The van der Waals surface area contributed by atoms with E-state index < -0.39 is 39.5 Å². The zero-order valence-electron chi connectivity index (χ0n) is 16.6. The number of carbonyl (C=O) groups excluding carboxylic acids is 1. The van der Waals surface area contributed by atoms with E-state index in [0.717, 1.165) is 5.56 Å². The van der Waals surface area contributed by atoms with Crippen molar-refractivity contribution in [1.29, 1.82) is 0 Å². The Morgan fingerprint density at radius 3 is 2.55 bits per heavy atom. The van der Waals surface area contributed by atoms with Crippen LogP contribution in [-0.2, 0) is 10.0 Å². The quantitative estimate of drug-likeness (QED) is 0.631. The molecule has 4 rings (SSSR count). The van der Waals surface area contributed by atoms with Crippen LogP contribution in [0.4, 0.5) is 4.39 Å². The average molecular weight is 466 g/mol. The van der Waals surface area contributed by atoms with E-state index in [1.54, 1.807) is 26.8 Å². The second-order valence-electron chi connectivity index (χ2n) is 7.33. The monoisotopic (exact) mass is 465 g/mol. The summed E-state index contributed by atoms with van der Waals surface area (Å²) in [4.78, 5) is 24.6. The van der Waals surface area contributed by atoms with Gasteiger partial charge in [0.05, 0.1) is 5.56 Å². The number of nitrogens with zero attached hydrogens (tertiary/aromatic N) is 2. The van der Waals surface area contributed by atoms with E-state index in [9.17, 15) is 22.4 Å². The molecule has 1 aromatic heterocycles. The summed E-state index contributed by atoms with van der Waals surface area (Å²) in [6, 6.07) is 5.27. The lowest BCUT2D eigenvalue weighted by Gasteiger charge is -2.30. The Morgan fingerprint density at radius 2 is 1.90 bits per heavy atom. The molecule has 31 heavy (non-hydrogen) atoms. The molecule has 2 aromatic carbocycles. The van der Waals surface area contributed by atoms with Gasteiger partial charge in [0.25, 0.3) is 15.9 Å². The molecule has 3 aromatic rings. The lowest BCUT2D eigenvalue weighted by molar-refractivity contribution is 0.0798. The van der Waals surface area contributed by atoms with Gasteiger partial charge in [-0.1, -0.05) is 24.6 Å². The topological polar surface area (TPSA) is 113 Å². The summed E-state index contributed by atoms with van der Waals surface area (Å²) in [5, 5.41) is 6.01. The molecule has 1 aliphatic rings. The average Bonchev–Trinajstić information content (AvgIpc) is 3.20. The molecule has 2 atom stereocenters. The molecule has 0 bridgehead atoms. The van der Waals surface area contributed by atoms with Crippen LogP contribution >= 0.6 is 11.6 Å². The number of rotatable bonds is 4. The Morgan fingerprint density at radius 1 is 1.19 bits per heavy atom. The van der Waals surface area contributed by atoms with Crippen LogP contribution in [-0.4, -0.2) is 28.8 Å². The Bertz CT molecular complexity index is 1380. The number of fused-ring (bicyclic) bond motifs is 1. The number of sulfonamides is 1. The molecule has 8 nitrogen and oxygen atoms in total. The molecule has 0 unspecified atom stereocenters. The largest absolute Gasteiger partial charge is 0.434 e. The van der Waals surface area contributed by atoms with Crippen molar-refractivity contribution in [3.05, 3.63) is 79.9 Å². The molecular formula is C20H17ClFN3O5S. The van der Waals surface area contributed by atoms with Crippen LogP contribution in [0.25, 0.3) is 0 Å². The van der Waals surface area contributed by atoms with Crippen molar-refractivity contribution < 1.29 is 22.0 Å². The van der Waals surface area contributed by atoms with Crippen LogP contribution in [0.2, 0.25) is 5.02 Å². The van der Waals surface area contributed by atoms with E-state index >= 15 is 0 Å². The van der Waals surface area contributed by atoms with Gasteiger partial charge < -0.3 is 4.42 Å². The third kappa shape index (κ3) is 3.26. The fraction of sp³-hybridized carbons (Fsp3) is 0.250. The predicted molar refractivity (Wildman–Crippen MR) is 109 cm³/mol. The first kappa shape index (κ1) is 21.3. The molecule has 0 aliphatic carbocycles. The van der Waals surface area contributed by atoms with Crippen molar-refractivity contribution >= 4 is 27.5 Å². The van der Waals surface area contributed by atoms with Crippen molar-refractivity contribution in [2.24, 2.45) is 0 Å². The van der Waals surface area contributed by atoms with Crippen molar-refractivity contribution in [3.8, 4) is 0 Å². The lowest BCUT2D eigenvalue weighted by Crippen LogP contribution is -2.37. The number of H-pyrrole nitrogens is 1. The van der Waals surface area contributed by atoms with Crippen molar-refractivity contribution in [2.75, 3.05) is 0 Å². The fourth-order valence-corrected chi connectivity index (χ4v) is 5.85. The van der Waals surface area contributed by atoms with Gasteiger partial charge in [-0.05, 0) is 54.8 Å². The van der Waals surface area contributed by atoms with Crippen LogP contribution < -0.4 is 5.76 Å². The highest BCUT2D eigenvalue weighted by Crippen LogP contribution is 2.44. The summed E-state index contributed by atoms with van der Waals surface area (Å²) in [6.45, 7) is 5.02. The highest BCUT2D eigenvalue weighted by Gasteiger charge is 2.49. The Labute approximate surface area is 181 Å². The maximum absolute atomic E-state index is 14.9. The first-order valence-electron chi connectivity index (χ1n) is 9.23. The minimum atomic E-state index is -4.35.